The lowest BCUT2D eigenvalue weighted by Crippen LogP contribution is -2.28. The lowest BCUT2D eigenvalue weighted by molar-refractivity contribution is 0.655. The molecule has 2 heteroatoms. The Hall–Kier alpha value is 0.130. The predicted molar refractivity (Wildman–Crippen MR) is 37.1 cm³/mol. The van der Waals surface area contributed by atoms with Crippen LogP contribution in [-0.2, 0) is 0 Å². The highest BCUT2D eigenvalue weighted by molar-refractivity contribution is 7.20. The Kier molecular flexibility index (Phi) is 2.49. The first kappa shape index (κ1) is 7.13. The molecular weight excluding hydrogens is 105 g/mol. The Balaban J connectivity index is 3.56. The molecule has 1 nitrogen and oxygen atoms in total. The van der Waals surface area contributed by atoms with Crippen molar-refractivity contribution in [3.05, 3.63) is 11.9 Å². The van der Waals surface area contributed by atoms with Gasteiger partial charge in [-0.15, -0.1) is 9.24 Å². The van der Waals surface area contributed by atoms with Crippen LogP contribution in [0.15, 0.2) is 11.9 Å². The summed E-state index contributed by atoms with van der Waals surface area (Å²) in [6.45, 7) is 3.90. The second kappa shape index (κ2) is 2.44. The molecule has 0 rings (SSSR count). The zero-order chi connectivity index (χ0) is 5.91. The molecule has 0 saturated carbocycles. The summed E-state index contributed by atoms with van der Waals surface area (Å²) in [5, 5.41) is 0. The SMILES string of the molecule is CC(C)(N)/C=C\P. The van der Waals surface area contributed by atoms with Gasteiger partial charge in [0.15, 0.2) is 0 Å². The quantitative estimate of drug-likeness (QED) is 0.511. The van der Waals surface area contributed by atoms with Crippen LogP contribution in [0.3, 0.4) is 0 Å². The van der Waals surface area contributed by atoms with Crippen molar-refractivity contribution in [2.45, 2.75) is 19.4 Å². The van der Waals surface area contributed by atoms with Gasteiger partial charge in [-0.1, -0.05) is 11.9 Å². The van der Waals surface area contributed by atoms with E-state index in [0.29, 0.717) is 0 Å². The second-order valence-corrected chi connectivity index (χ2v) is 2.57. The second-order valence-electron chi connectivity index (χ2n) is 2.18. The molecule has 1 atom stereocenters. The minimum Gasteiger partial charge on any atom is -0.322 e. The molecule has 0 aromatic carbocycles. The standard InChI is InChI=1S/C5H12NP/c1-5(2,6)3-4-7/h3-4H,6-7H2,1-2H3/b4-3-. The van der Waals surface area contributed by atoms with Crippen molar-refractivity contribution in [3.63, 3.8) is 0 Å². The Morgan fingerprint density at radius 3 is 2.00 bits per heavy atom. The molecule has 0 saturated heterocycles. The topological polar surface area (TPSA) is 26.0 Å². The molecule has 0 spiro atoms. The number of nitrogens with two attached hydrogens (primary N) is 1. The summed E-state index contributed by atoms with van der Waals surface area (Å²) in [4.78, 5) is 0. The third-order valence-corrected chi connectivity index (χ3v) is 0.718. The summed E-state index contributed by atoms with van der Waals surface area (Å²) in [5.41, 5.74) is 5.39. The Labute approximate surface area is 47.2 Å². The highest BCUT2D eigenvalue weighted by Gasteiger charge is 2.01. The van der Waals surface area contributed by atoms with Gasteiger partial charge in [0, 0.05) is 5.54 Å². The van der Waals surface area contributed by atoms with E-state index in [9.17, 15) is 0 Å². The molecule has 42 valence electrons. The molecule has 0 radical (unpaired) electrons. The van der Waals surface area contributed by atoms with E-state index in [1.807, 2.05) is 25.7 Å². The zero-order valence-corrected chi connectivity index (χ0v) is 5.96. The average Bonchev–Trinajstić information content (AvgIpc) is 1.30. The smallest absolute Gasteiger partial charge is 0.0284 e. The van der Waals surface area contributed by atoms with Gasteiger partial charge in [0.2, 0.25) is 0 Å². The average molecular weight is 117 g/mol. The van der Waals surface area contributed by atoms with Gasteiger partial charge in [0.25, 0.3) is 0 Å². The van der Waals surface area contributed by atoms with Crippen LogP contribution in [-0.4, -0.2) is 5.54 Å². The molecule has 0 heterocycles. The lowest BCUT2D eigenvalue weighted by atomic mass is 10.1. The fourth-order valence-corrected chi connectivity index (χ4v) is 0.744. The number of rotatable bonds is 1. The monoisotopic (exact) mass is 117 g/mol. The molecule has 1 unspecified atom stereocenters. The minimum atomic E-state index is -0.151. The van der Waals surface area contributed by atoms with Crippen molar-refractivity contribution in [1.29, 1.82) is 0 Å². The Bertz CT molecular complexity index is 70.6. The maximum absolute atomic E-state index is 5.55. The third kappa shape index (κ3) is 6.13. The largest absolute Gasteiger partial charge is 0.322 e. The van der Waals surface area contributed by atoms with Crippen LogP contribution in [0, 0.1) is 0 Å². The summed E-state index contributed by atoms with van der Waals surface area (Å²) in [6, 6.07) is 0. The van der Waals surface area contributed by atoms with Crippen molar-refractivity contribution < 1.29 is 0 Å². The van der Waals surface area contributed by atoms with E-state index in [1.165, 1.54) is 0 Å². The maximum Gasteiger partial charge on any atom is 0.0284 e. The molecule has 0 aromatic rings. The van der Waals surface area contributed by atoms with E-state index in [1.54, 1.807) is 0 Å². The molecule has 2 N–H and O–H groups in total. The first-order chi connectivity index (χ1) is 3.06. The summed E-state index contributed by atoms with van der Waals surface area (Å²) in [5.74, 6) is 1.88. The molecule has 0 amide bonds. The Morgan fingerprint density at radius 2 is 2.00 bits per heavy atom. The van der Waals surface area contributed by atoms with Crippen molar-refractivity contribution in [1.82, 2.24) is 0 Å². The summed E-state index contributed by atoms with van der Waals surface area (Å²) < 4.78 is 0. The summed E-state index contributed by atoms with van der Waals surface area (Å²) >= 11 is 0. The molecule has 7 heavy (non-hydrogen) atoms. The van der Waals surface area contributed by atoms with Gasteiger partial charge in [-0.3, -0.25) is 0 Å². The summed E-state index contributed by atoms with van der Waals surface area (Å²) in [7, 11) is 2.48. The van der Waals surface area contributed by atoms with Crippen LogP contribution in [0.1, 0.15) is 13.8 Å². The van der Waals surface area contributed by atoms with Crippen LogP contribution < -0.4 is 5.73 Å². The molecule has 0 aliphatic carbocycles. The fraction of sp³-hybridized carbons (Fsp3) is 0.600. The predicted octanol–water partition coefficient (Wildman–Crippen LogP) is 1.11. The maximum atomic E-state index is 5.55. The molecule has 0 aromatic heterocycles. The van der Waals surface area contributed by atoms with Crippen LogP contribution in [0.4, 0.5) is 0 Å². The normalized spacial score (nSPS) is 13.1. The van der Waals surface area contributed by atoms with Crippen molar-refractivity contribution in [3.8, 4) is 0 Å². The molecular formula is C5H12NP. The van der Waals surface area contributed by atoms with Crippen molar-refractivity contribution >= 4 is 9.24 Å². The van der Waals surface area contributed by atoms with E-state index in [-0.39, 0.29) is 5.54 Å². The van der Waals surface area contributed by atoms with Crippen molar-refractivity contribution in [2.24, 2.45) is 5.73 Å². The van der Waals surface area contributed by atoms with Crippen LogP contribution >= 0.6 is 9.24 Å². The molecule has 0 fully saturated rings. The fourth-order valence-electron chi connectivity index (χ4n) is 0.248. The van der Waals surface area contributed by atoms with Gasteiger partial charge in [-0.05, 0) is 13.8 Å². The van der Waals surface area contributed by atoms with Gasteiger partial charge < -0.3 is 5.73 Å². The lowest BCUT2D eigenvalue weighted by Gasteiger charge is -2.10. The van der Waals surface area contributed by atoms with E-state index >= 15 is 0 Å². The van der Waals surface area contributed by atoms with Crippen molar-refractivity contribution in [2.75, 3.05) is 0 Å². The van der Waals surface area contributed by atoms with Gasteiger partial charge in [0.1, 0.15) is 0 Å². The number of hydrogen-bond donors (Lipinski definition) is 1. The van der Waals surface area contributed by atoms with E-state index in [4.69, 9.17) is 5.73 Å². The molecule has 0 aliphatic heterocycles. The summed E-state index contributed by atoms with van der Waals surface area (Å²) in [6.07, 6.45) is 1.93. The van der Waals surface area contributed by atoms with E-state index in [0.717, 1.165) is 0 Å². The minimum absolute atomic E-state index is 0.151. The first-order valence-corrected chi connectivity index (χ1v) is 2.91. The van der Waals surface area contributed by atoms with Crippen LogP contribution in [0.5, 0.6) is 0 Å². The van der Waals surface area contributed by atoms with Gasteiger partial charge in [0.05, 0.1) is 0 Å². The third-order valence-electron chi connectivity index (χ3n) is 0.526. The highest BCUT2D eigenvalue weighted by atomic mass is 31.0. The number of hydrogen-bond acceptors (Lipinski definition) is 1. The highest BCUT2D eigenvalue weighted by Crippen LogP contribution is 1.99. The molecule has 0 bridgehead atoms. The van der Waals surface area contributed by atoms with Gasteiger partial charge >= 0.3 is 0 Å². The Morgan fingerprint density at radius 1 is 1.57 bits per heavy atom. The first-order valence-electron chi connectivity index (χ1n) is 2.24. The van der Waals surface area contributed by atoms with E-state index in [2.05, 4.69) is 9.24 Å². The van der Waals surface area contributed by atoms with Gasteiger partial charge in [-0.2, -0.15) is 0 Å². The zero-order valence-electron chi connectivity index (χ0n) is 4.81. The molecule has 0 aliphatic rings. The van der Waals surface area contributed by atoms with Crippen LogP contribution in [0.2, 0.25) is 0 Å². The van der Waals surface area contributed by atoms with Gasteiger partial charge in [-0.25, -0.2) is 0 Å². The van der Waals surface area contributed by atoms with E-state index < -0.39 is 0 Å². The van der Waals surface area contributed by atoms with Crippen LogP contribution in [0.25, 0.3) is 0 Å².